The third kappa shape index (κ3) is 9.09. The lowest BCUT2D eigenvalue weighted by molar-refractivity contribution is -0.153. The molecule has 1 spiro atoms. The summed E-state index contributed by atoms with van der Waals surface area (Å²) in [5.41, 5.74) is 5.72. The molecule has 1 aliphatic carbocycles. The molecule has 2 amide bonds. The Morgan fingerprint density at radius 3 is 1.88 bits per heavy atom. The highest BCUT2D eigenvalue weighted by atomic mass is 16.2. The number of unbranched alkanes of at least 4 members (excludes halogenated alkanes) is 1. The van der Waals surface area contributed by atoms with Gasteiger partial charge in [-0.1, -0.05) is 56.2 Å². The molecule has 1 saturated carbocycles. The van der Waals surface area contributed by atoms with Crippen molar-refractivity contribution in [2.75, 3.05) is 76.3 Å². The number of carbonyl (C=O) groups excluding carboxylic acids is 2. The van der Waals surface area contributed by atoms with Crippen LogP contribution in [-0.4, -0.2) is 103 Å². The summed E-state index contributed by atoms with van der Waals surface area (Å²) >= 11 is 0. The highest BCUT2D eigenvalue weighted by Crippen LogP contribution is 2.47. The van der Waals surface area contributed by atoms with Crippen LogP contribution < -0.4 is 9.80 Å². The second-order valence-corrected chi connectivity index (χ2v) is 15.3. The number of benzene rings is 2. The maximum atomic E-state index is 12.5. The fourth-order valence-electron chi connectivity index (χ4n) is 8.55. The average Bonchev–Trinajstić information content (AvgIpc) is 3.50. The molecule has 0 bridgehead atoms. The van der Waals surface area contributed by atoms with E-state index in [-0.39, 0.29) is 17.2 Å². The van der Waals surface area contributed by atoms with Gasteiger partial charge in [-0.25, -0.2) is 9.97 Å². The van der Waals surface area contributed by atoms with Crippen molar-refractivity contribution in [3.05, 3.63) is 78.1 Å². The fourth-order valence-corrected chi connectivity index (χ4v) is 8.55. The van der Waals surface area contributed by atoms with Crippen LogP contribution in [0.5, 0.6) is 0 Å². The fraction of sp³-hybridized carbons (Fsp3) is 0.561. The van der Waals surface area contributed by atoms with Gasteiger partial charge in [0.15, 0.2) is 0 Å². The van der Waals surface area contributed by atoms with Crippen LogP contribution in [0.2, 0.25) is 0 Å². The monoisotopic (exact) mass is 679 g/mol. The first-order chi connectivity index (χ1) is 24.3. The number of carbonyl (C=O) groups is 2. The molecular formula is C41H57N7O2. The Bertz CT molecular complexity index is 1480. The van der Waals surface area contributed by atoms with Gasteiger partial charge in [0.25, 0.3) is 0 Å². The Hall–Kier alpha value is -3.82. The summed E-state index contributed by atoms with van der Waals surface area (Å²) in [7, 11) is 4.31. The predicted octanol–water partition coefficient (Wildman–Crippen LogP) is 6.21. The largest absolute Gasteiger partial charge is 0.341 e. The van der Waals surface area contributed by atoms with E-state index in [1.165, 1.54) is 40.2 Å². The number of para-hydroxylation sites is 2. The van der Waals surface area contributed by atoms with Crippen molar-refractivity contribution >= 4 is 29.1 Å². The molecule has 1 atom stereocenters. The predicted molar refractivity (Wildman–Crippen MR) is 202 cm³/mol. The first-order valence-corrected chi connectivity index (χ1v) is 19.0. The van der Waals surface area contributed by atoms with Crippen molar-refractivity contribution in [1.29, 1.82) is 0 Å². The van der Waals surface area contributed by atoms with Crippen LogP contribution in [0.4, 0.5) is 17.3 Å². The highest BCUT2D eigenvalue weighted by molar-refractivity contribution is 5.98. The third-order valence-corrected chi connectivity index (χ3v) is 11.0. The van der Waals surface area contributed by atoms with Gasteiger partial charge < -0.3 is 14.7 Å². The maximum Gasteiger partial charge on any atom is 0.229 e. The van der Waals surface area contributed by atoms with Gasteiger partial charge in [-0.05, 0) is 99.8 Å². The molecule has 4 aliphatic rings. The van der Waals surface area contributed by atoms with Crippen LogP contribution >= 0.6 is 0 Å². The third-order valence-electron chi connectivity index (χ3n) is 11.0. The normalized spacial score (nSPS) is 19.6. The van der Waals surface area contributed by atoms with E-state index in [1.54, 1.807) is 12.4 Å². The zero-order chi connectivity index (χ0) is 34.9. The number of likely N-dealkylation sites (tertiary alicyclic amines) is 1. The molecule has 1 aromatic heterocycles. The minimum Gasteiger partial charge on any atom is -0.341 e. The zero-order valence-corrected chi connectivity index (χ0v) is 30.6. The molecule has 3 fully saturated rings. The van der Waals surface area contributed by atoms with Crippen molar-refractivity contribution in [1.82, 2.24) is 24.7 Å². The quantitative estimate of drug-likeness (QED) is 0.185. The summed E-state index contributed by atoms with van der Waals surface area (Å²) in [5, 5.41) is 0. The van der Waals surface area contributed by atoms with Crippen LogP contribution in [-0.2, 0) is 22.4 Å². The molecule has 3 aliphatic heterocycles. The summed E-state index contributed by atoms with van der Waals surface area (Å²) in [6.07, 6.45) is 13.4. The lowest BCUT2D eigenvalue weighted by Crippen LogP contribution is -2.48. The van der Waals surface area contributed by atoms with E-state index in [0.717, 1.165) is 90.3 Å². The van der Waals surface area contributed by atoms with E-state index in [0.29, 0.717) is 25.3 Å². The number of piperazine rings is 1. The molecule has 4 heterocycles. The van der Waals surface area contributed by atoms with E-state index in [4.69, 9.17) is 0 Å². The van der Waals surface area contributed by atoms with Crippen LogP contribution in [0.1, 0.15) is 69.4 Å². The molecule has 7 rings (SSSR count). The van der Waals surface area contributed by atoms with Crippen molar-refractivity contribution in [3.63, 3.8) is 0 Å². The molecule has 3 aromatic rings. The number of anilines is 3. The molecule has 0 radical (unpaired) electrons. The molecular weight excluding hydrogens is 622 g/mol. The van der Waals surface area contributed by atoms with Crippen molar-refractivity contribution in [2.24, 2.45) is 11.3 Å². The molecule has 9 nitrogen and oxygen atoms in total. The van der Waals surface area contributed by atoms with E-state index < -0.39 is 0 Å². The topological polar surface area (TPSA) is 76.1 Å². The maximum absolute atomic E-state index is 12.5. The highest BCUT2D eigenvalue weighted by Gasteiger charge is 2.44. The Kier molecular flexibility index (Phi) is 12.2. The number of hydrogen-bond donors (Lipinski definition) is 0. The lowest BCUT2D eigenvalue weighted by atomic mass is 9.76. The summed E-state index contributed by atoms with van der Waals surface area (Å²) < 4.78 is 0. The van der Waals surface area contributed by atoms with Crippen molar-refractivity contribution < 1.29 is 9.59 Å². The summed E-state index contributed by atoms with van der Waals surface area (Å²) in [4.78, 5) is 44.7. The Balaban J connectivity index is 0.000000178. The Morgan fingerprint density at radius 1 is 0.740 bits per heavy atom. The number of amides is 2. The van der Waals surface area contributed by atoms with Gasteiger partial charge in [0.05, 0.1) is 0 Å². The first-order valence-electron chi connectivity index (χ1n) is 19.0. The number of imide groups is 1. The summed E-state index contributed by atoms with van der Waals surface area (Å²) in [5.74, 6) is 1.56. The molecule has 50 heavy (non-hydrogen) atoms. The summed E-state index contributed by atoms with van der Waals surface area (Å²) in [6.45, 7) is 10.0. The number of rotatable bonds is 10. The van der Waals surface area contributed by atoms with Gasteiger partial charge >= 0.3 is 0 Å². The van der Waals surface area contributed by atoms with Crippen LogP contribution in [0.25, 0.3) is 0 Å². The van der Waals surface area contributed by atoms with E-state index >= 15 is 0 Å². The second-order valence-electron chi connectivity index (χ2n) is 15.3. The van der Waals surface area contributed by atoms with Crippen LogP contribution in [0.15, 0.2) is 67.0 Å². The molecule has 9 heteroatoms. The van der Waals surface area contributed by atoms with Crippen molar-refractivity contribution in [2.45, 2.75) is 71.1 Å². The van der Waals surface area contributed by atoms with Gasteiger partial charge in [0, 0.05) is 82.4 Å². The van der Waals surface area contributed by atoms with E-state index in [9.17, 15) is 9.59 Å². The smallest absolute Gasteiger partial charge is 0.229 e. The van der Waals surface area contributed by atoms with E-state index in [1.807, 2.05) is 6.07 Å². The SMILES string of the molecule is CC(CN(C)C)CN1c2ccccc2CCc2ccccc21.O=C1CC2(CCCC2)CC(=O)N1CCCCN1CCN(c2ncccn2)CC1. The Morgan fingerprint density at radius 2 is 1.30 bits per heavy atom. The standard InChI is InChI=1S/C21H31N5O2.C20H26N2/c27-18-16-21(6-1-2-7-21)17-19(28)26(18)11-4-3-10-24-12-14-25(15-13-24)20-22-8-5-9-23-20;1-16(14-21(2)3)15-22-19-10-6-4-8-17(19)12-13-18-9-5-7-11-20(18)22/h5,8-9H,1-4,6-7,10-17H2;4-11,16H,12-15H2,1-3H3. The average molecular weight is 680 g/mol. The number of aryl methyl sites for hydroxylation is 2. The molecule has 2 saturated heterocycles. The number of nitrogens with zero attached hydrogens (tertiary/aromatic N) is 7. The van der Waals surface area contributed by atoms with Gasteiger partial charge in [-0.2, -0.15) is 0 Å². The Labute approximate surface area is 299 Å². The van der Waals surface area contributed by atoms with Gasteiger partial charge in [-0.3, -0.25) is 19.4 Å². The minimum atomic E-state index is 0.00676. The number of aromatic nitrogens is 2. The van der Waals surface area contributed by atoms with Crippen molar-refractivity contribution in [3.8, 4) is 0 Å². The first kappa shape index (κ1) is 36.0. The van der Waals surface area contributed by atoms with E-state index in [2.05, 4.69) is 99.1 Å². The molecule has 0 N–H and O–H groups in total. The molecule has 1 unspecified atom stereocenters. The van der Waals surface area contributed by atoms with Gasteiger partial charge in [0.2, 0.25) is 17.8 Å². The number of piperidine rings is 1. The zero-order valence-electron chi connectivity index (χ0n) is 30.6. The minimum absolute atomic E-state index is 0.00676. The van der Waals surface area contributed by atoms with Crippen LogP contribution in [0, 0.1) is 11.3 Å². The second kappa shape index (κ2) is 16.9. The van der Waals surface area contributed by atoms with Crippen LogP contribution in [0.3, 0.4) is 0 Å². The van der Waals surface area contributed by atoms with Gasteiger partial charge in [0.1, 0.15) is 0 Å². The number of fused-ring (bicyclic) bond motifs is 2. The molecule has 2 aromatic carbocycles. The molecule has 268 valence electrons. The number of hydrogen-bond acceptors (Lipinski definition) is 8. The lowest BCUT2D eigenvalue weighted by Gasteiger charge is -2.37. The van der Waals surface area contributed by atoms with Gasteiger partial charge in [-0.15, -0.1) is 0 Å². The summed E-state index contributed by atoms with van der Waals surface area (Å²) in [6, 6.07) is 19.6.